The number of ether oxygens (including phenoxy) is 1. The highest BCUT2D eigenvalue weighted by atomic mass is 35.5. The predicted octanol–water partition coefficient (Wildman–Crippen LogP) is 4.28. The third-order valence-corrected chi connectivity index (χ3v) is 6.03. The number of aromatic nitrogens is 1. The summed E-state index contributed by atoms with van der Waals surface area (Å²) in [5.41, 5.74) is 2.91. The highest BCUT2D eigenvalue weighted by Crippen LogP contribution is 2.21. The van der Waals surface area contributed by atoms with E-state index < -0.39 is 23.7 Å². The first-order valence-electron chi connectivity index (χ1n) is 11.3. The van der Waals surface area contributed by atoms with Crippen LogP contribution in [0.4, 0.5) is 10.2 Å². The normalized spacial score (nSPS) is 13.3. The summed E-state index contributed by atoms with van der Waals surface area (Å²) >= 11 is 5.91. The van der Waals surface area contributed by atoms with Crippen molar-refractivity contribution in [3.05, 3.63) is 87.8 Å². The molecular formula is C26H25ClFN3O4. The smallest absolute Gasteiger partial charge is 0.326 e. The second-order valence-electron chi connectivity index (χ2n) is 8.28. The molecule has 9 heteroatoms. The van der Waals surface area contributed by atoms with Crippen molar-refractivity contribution < 1.29 is 23.8 Å². The van der Waals surface area contributed by atoms with Crippen LogP contribution in [-0.2, 0) is 24.1 Å². The molecule has 0 saturated carbocycles. The largest absolute Gasteiger partial charge is 0.493 e. The summed E-state index contributed by atoms with van der Waals surface area (Å²) in [6.07, 6.45) is 2.89. The standard InChI is InChI=1S/C26H25ClFN3O4/c27-22-15-18(28)6-10-21(22)25(32)31-23(26(33)34)14-16-3-8-20(9-4-16)35-13-11-19-7-5-17-2-1-12-29-24(17)30-19/h3-10,15,23H,1-2,11-14H2,(H,29,30)(H,31,32)(H,33,34)/t23-/m0/s1. The second kappa shape index (κ2) is 11.2. The van der Waals surface area contributed by atoms with Gasteiger partial charge in [0.15, 0.2) is 0 Å². The van der Waals surface area contributed by atoms with Crippen LogP contribution in [0.25, 0.3) is 0 Å². The highest BCUT2D eigenvalue weighted by molar-refractivity contribution is 6.33. The minimum atomic E-state index is -1.19. The number of nitrogens with zero attached hydrogens (tertiary/aromatic N) is 1. The Morgan fingerprint density at radius 1 is 1.17 bits per heavy atom. The van der Waals surface area contributed by atoms with Gasteiger partial charge in [0, 0.05) is 25.1 Å². The van der Waals surface area contributed by atoms with Crippen molar-refractivity contribution in [2.45, 2.75) is 31.7 Å². The van der Waals surface area contributed by atoms with Gasteiger partial charge in [-0.1, -0.05) is 29.8 Å². The number of anilines is 1. The fraction of sp³-hybridized carbons (Fsp3) is 0.269. The van der Waals surface area contributed by atoms with Gasteiger partial charge in [-0.05, 0) is 60.4 Å². The van der Waals surface area contributed by atoms with E-state index in [0.29, 0.717) is 24.3 Å². The van der Waals surface area contributed by atoms with Gasteiger partial charge >= 0.3 is 5.97 Å². The van der Waals surface area contributed by atoms with E-state index >= 15 is 0 Å². The maximum Gasteiger partial charge on any atom is 0.326 e. The Labute approximate surface area is 207 Å². The lowest BCUT2D eigenvalue weighted by Gasteiger charge is -2.17. The lowest BCUT2D eigenvalue weighted by atomic mass is 10.1. The Balaban J connectivity index is 1.30. The molecule has 2 heterocycles. The molecule has 0 fully saturated rings. The van der Waals surface area contributed by atoms with E-state index in [9.17, 15) is 19.1 Å². The van der Waals surface area contributed by atoms with Gasteiger partial charge in [0.05, 0.1) is 17.2 Å². The fourth-order valence-electron chi connectivity index (χ4n) is 3.85. The number of carboxylic acids is 1. The maximum absolute atomic E-state index is 13.2. The van der Waals surface area contributed by atoms with Gasteiger partial charge in [0.1, 0.15) is 23.4 Å². The molecule has 2 aromatic carbocycles. The molecule has 182 valence electrons. The van der Waals surface area contributed by atoms with Crippen molar-refractivity contribution in [2.75, 3.05) is 18.5 Å². The average Bonchev–Trinajstić information content (AvgIpc) is 2.84. The van der Waals surface area contributed by atoms with Crippen molar-refractivity contribution in [1.82, 2.24) is 10.3 Å². The predicted molar refractivity (Wildman–Crippen MR) is 131 cm³/mol. The lowest BCUT2D eigenvalue weighted by Crippen LogP contribution is -2.42. The van der Waals surface area contributed by atoms with Gasteiger partial charge in [-0.2, -0.15) is 0 Å². The van der Waals surface area contributed by atoms with E-state index in [1.54, 1.807) is 24.3 Å². The number of fused-ring (bicyclic) bond motifs is 1. The van der Waals surface area contributed by atoms with Crippen LogP contribution in [0.3, 0.4) is 0 Å². The number of carboxylic acid groups (broad SMARTS) is 1. The van der Waals surface area contributed by atoms with Gasteiger partial charge < -0.3 is 20.5 Å². The number of nitrogens with one attached hydrogen (secondary N) is 2. The van der Waals surface area contributed by atoms with E-state index in [0.717, 1.165) is 43.0 Å². The molecule has 1 amide bonds. The van der Waals surface area contributed by atoms with E-state index in [1.165, 1.54) is 11.6 Å². The fourth-order valence-corrected chi connectivity index (χ4v) is 4.10. The Hall–Kier alpha value is -3.65. The molecule has 1 aliphatic heterocycles. The molecule has 1 atom stereocenters. The third-order valence-electron chi connectivity index (χ3n) is 5.72. The van der Waals surface area contributed by atoms with Gasteiger partial charge in [-0.25, -0.2) is 14.2 Å². The summed E-state index contributed by atoms with van der Waals surface area (Å²) in [7, 11) is 0. The number of hydrogen-bond acceptors (Lipinski definition) is 5. The molecule has 4 rings (SSSR count). The van der Waals surface area contributed by atoms with Crippen LogP contribution >= 0.6 is 11.6 Å². The van der Waals surface area contributed by atoms with E-state index in [4.69, 9.17) is 16.3 Å². The summed E-state index contributed by atoms with van der Waals surface area (Å²) in [4.78, 5) is 28.8. The van der Waals surface area contributed by atoms with E-state index in [1.807, 2.05) is 6.07 Å². The van der Waals surface area contributed by atoms with Crippen molar-refractivity contribution in [3.63, 3.8) is 0 Å². The first-order valence-corrected chi connectivity index (χ1v) is 11.7. The van der Waals surface area contributed by atoms with Crippen LogP contribution in [0.5, 0.6) is 5.75 Å². The van der Waals surface area contributed by atoms with Gasteiger partial charge in [-0.15, -0.1) is 0 Å². The minimum absolute atomic E-state index is 0.00672. The van der Waals surface area contributed by atoms with Gasteiger partial charge in [0.2, 0.25) is 0 Å². The molecule has 0 radical (unpaired) electrons. The molecular weight excluding hydrogens is 473 g/mol. The minimum Gasteiger partial charge on any atom is -0.493 e. The molecule has 0 spiro atoms. The first-order chi connectivity index (χ1) is 16.9. The average molecular weight is 498 g/mol. The zero-order chi connectivity index (χ0) is 24.8. The number of carbonyl (C=O) groups is 2. The van der Waals surface area contributed by atoms with Gasteiger partial charge in [-0.3, -0.25) is 4.79 Å². The van der Waals surface area contributed by atoms with Crippen LogP contribution < -0.4 is 15.4 Å². The zero-order valence-electron chi connectivity index (χ0n) is 18.9. The van der Waals surface area contributed by atoms with E-state index in [-0.39, 0.29) is 17.0 Å². The Kier molecular flexibility index (Phi) is 7.82. The van der Waals surface area contributed by atoms with Crippen LogP contribution in [-0.4, -0.2) is 41.2 Å². The molecule has 7 nitrogen and oxygen atoms in total. The van der Waals surface area contributed by atoms with Crippen molar-refractivity contribution in [3.8, 4) is 5.75 Å². The number of rotatable bonds is 9. The molecule has 3 aromatic rings. The number of carbonyl (C=O) groups excluding carboxylic acids is 1. The quantitative estimate of drug-likeness (QED) is 0.408. The van der Waals surface area contributed by atoms with Crippen molar-refractivity contribution in [2.24, 2.45) is 0 Å². The SMILES string of the molecule is O=C(N[C@@H](Cc1ccc(OCCc2ccc3c(n2)NCCC3)cc1)C(=O)O)c1ccc(F)cc1Cl. The molecule has 35 heavy (non-hydrogen) atoms. The third kappa shape index (κ3) is 6.48. The molecule has 0 unspecified atom stereocenters. The van der Waals surface area contributed by atoms with Gasteiger partial charge in [0.25, 0.3) is 5.91 Å². The second-order valence-corrected chi connectivity index (χ2v) is 8.68. The number of hydrogen-bond donors (Lipinski definition) is 3. The molecule has 1 aliphatic rings. The Bertz CT molecular complexity index is 1220. The van der Waals surface area contributed by atoms with Crippen LogP contribution in [0.2, 0.25) is 5.02 Å². The summed E-state index contributed by atoms with van der Waals surface area (Å²) in [6.45, 7) is 1.40. The number of amides is 1. The number of aliphatic carboxylic acids is 1. The monoisotopic (exact) mass is 497 g/mol. The topological polar surface area (TPSA) is 101 Å². The molecule has 3 N–H and O–H groups in total. The lowest BCUT2D eigenvalue weighted by molar-refractivity contribution is -0.139. The number of aryl methyl sites for hydroxylation is 1. The summed E-state index contributed by atoms with van der Waals surface area (Å²) in [5, 5.41) is 15.2. The van der Waals surface area contributed by atoms with Crippen molar-refractivity contribution in [1.29, 1.82) is 0 Å². The molecule has 0 bridgehead atoms. The first kappa shape index (κ1) is 24.5. The Morgan fingerprint density at radius 3 is 2.71 bits per heavy atom. The van der Waals surface area contributed by atoms with Crippen molar-refractivity contribution >= 4 is 29.3 Å². The summed E-state index contributed by atoms with van der Waals surface area (Å²) in [6, 6.07) is 13.3. The number of halogens is 2. The maximum atomic E-state index is 13.2. The molecule has 1 aromatic heterocycles. The highest BCUT2D eigenvalue weighted by Gasteiger charge is 2.22. The summed E-state index contributed by atoms with van der Waals surface area (Å²) in [5.74, 6) is -0.851. The molecule has 0 saturated heterocycles. The van der Waals surface area contributed by atoms with Crippen LogP contribution in [0.15, 0.2) is 54.6 Å². The van der Waals surface area contributed by atoms with E-state index in [2.05, 4.69) is 21.7 Å². The molecule has 0 aliphatic carbocycles. The number of pyridine rings is 1. The van der Waals surface area contributed by atoms with Crippen LogP contribution in [0, 0.1) is 5.82 Å². The number of benzene rings is 2. The summed E-state index contributed by atoms with van der Waals surface area (Å²) < 4.78 is 19.0. The zero-order valence-corrected chi connectivity index (χ0v) is 19.6. The Morgan fingerprint density at radius 2 is 1.97 bits per heavy atom. The van der Waals surface area contributed by atoms with Crippen LogP contribution in [0.1, 0.15) is 33.6 Å².